The summed E-state index contributed by atoms with van der Waals surface area (Å²) < 4.78 is 63.7. The van der Waals surface area contributed by atoms with Crippen LogP contribution in [-0.2, 0) is 29.8 Å². The van der Waals surface area contributed by atoms with Crippen molar-refractivity contribution in [2.75, 3.05) is 20.2 Å². The molecular weight excluding hydrogens is 639 g/mol. The molecule has 15 heteroatoms. The summed E-state index contributed by atoms with van der Waals surface area (Å²) in [6.07, 6.45) is 0.0921. The first-order valence-corrected chi connectivity index (χ1v) is 15.5. The van der Waals surface area contributed by atoms with Crippen molar-refractivity contribution in [1.82, 2.24) is 34.6 Å². The first-order valence-electron chi connectivity index (χ1n) is 15.2. The Morgan fingerprint density at radius 1 is 1.09 bits per heavy atom. The maximum absolute atomic E-state index is 13.0. The number of methoxy groups -OCH3 is 1. The second-order valence-electron chi connectivity index (χ2n) is 11.9. The molecule has 11 nitrogen and oxygen atoms in total. The molecule has 0 N–H and O–H groups in total. The van der Waals surface area contributed by atoms with E-state index in [1.807, 2.05) is 30.5 Å². The maximum atomic E-state index is 13.0. The molecule has 1 aromatic carbocycles. The number of aromatic nitrogens is 6. The molecule has 47 heavy (non-hydrogen) atoms. The lowest BCUT2D eigenvalue weighted by atomic mass is 9.88. The molecule has 1 fully saturated rings. The Hall–Kier alpha value is -4.27. The van der Waals surface area contributed by atoms with E-state index in [9.17, 15) is 13.2 Å². The number of rotatable bonds is 8. The highest BCUT2D eigenvalue weighted by Gasteiger charge is 2.42. The number of halogens is 4. The molecule has 0 amide bonds. The van der Waals surface area contributed by atoms with Gasteiger partial charge in [-0.3, -0.25) is 14.9 Å². The average molecular weight is 670 g/mol. The van der Waals surface area contributed by atoms with Crippen molar-refractivity contribution in [2.24, 2.45) is 0 Å². The van der Waals surface area contributed by atoms with Crippen LogP contribution in [0, 0.1) is 0 Å². The number of hydrogen-bond donors (Lipinski definition) is 0. The summed E-state index contributed by atoms with van der Waals surface area (Å²) in [4.78, 5) is 19.4. The Morgan fingerprint density at radius 2 is 1.89 bits per heavy atom. The standard InChI is InChI=1S/C32H31ClF3N7O4/c1-18(44-3)16-43-24-15-37-23(29-40-30(47-41-29)32(34,35)36)13-22(24)39-27(43)17-42-11-9-19(10-12-42)21-5-4-6-25-28(21)46-31(2,45-25)26-8-7-20(33)14-38-26/h4-8,13-15,18-19H,9-12,16-17H2,1-3H3. The molecule has 6 heterocycles. The number of benzene rings is 1. The Kier molecular flexibility index (Phi) is 8.05. The zero-order valence-electron chi connectivity index (χ0n) is 25.8. The normalized spacial score (nSPS) is 19.5. The smallest absolute Gasteiger partial charge is 0.443 e. The Balaban J connectivity index is 1.08. The summed E-state index contributed by atoms with van der Waals surface area (Å²) in [5, 5.41) is 4.01. The van der Waals surface area contributed by atoms with Gasteiger partial charge >= 0.3 is 12.1 Å². The van der Waals surface area contributed by atoms with Gasteiger partial charge < -0.3 is 23.3 Å². The van der Waals surface area contributed by atoms with Gasteiger partial charge in [-0.05, 0) is 63.0 Å². The Morgan fingerprint density at radius 3 is 2.60 bits per heavy atom. The van der Waals surface area contributed by atoms with Crippen LogP contribution in [-0.4, -0.2) is 60.9 Å². The molecule has 2 unspecified atom stereocenters. The van der Waals surface area contributed by atoms with E-state index in [2.05, 4.69) is 35.6 Å². The number of nitrogens with zero attached hydrogens (tertiary/aromatic N) is 7. The third-order valence-corrected chi connectivity index (χ3v) is 8.87. The van der Waals surface area contributed by atoms with Gasteiger partial charge in [-0.2, -0.15) is 18.2 Å². The van der Waals surface area contributed by atoms with Gasteiger partial charge in [-0.1, -0.05) is 28.9 Å². The highest BCUT2D eigenvalue weighted by molar-refractivity contribution is 6.30. The minimum absolute atomic E-state index is 0.112. The lowest BCUT2D eigenvalue weighted by molar-refractivity contribution is -0.159. The summed E-state index contributed by atoms with van der Waals surface area (Å²) in [6, 6.07) is 11.2. The van der Waals surface area contributed by atoms with Crippen LogP contribution in [0.4, 0.5) is 13.2 Å². The molecule has 7 rings (SSSR count). The quantitative estimate of drug-likeness (QED) is 0.179. The number of pyridine rings is 2. The van der Waals surface area contributed by atoms with E-state index < -0.39 is 17.9 Å². The number of para-hydroxylation sites is 1. The third-order valence-electron chi connectivity index (χ3n) is 8.65. The first-order chi connectivity index (χ1) is 22.5. The number of imidazole rings is 1. The van der Waals surface area contributed by atoms with E-state index in [0.717, 1.165) is 48.6 Å². The van der Waals surface area contributed by atoms with Crippen molar-refractivity contribution in [2.45, 2.75) is 63.8 Å². The molecule has 0 bridgehead atoms. The van der Waals surface area contributed by atoms with Crippen LogP contribution in [0.5, 0.6) is 11.5 Å². The fraction of sp³-hybridized carbons (Fsp3) is 0.406. The molecule has 4 aromatic heterocycles. The predicted molar refractivity (Wildman–Crippen MR) is 164 cm³/mol. The minimum Gasteiger partial charge on any atom is -0.443 e. The van der Waals surface area contributed by atoms with Gasteiger partial charge in [0.1, 0.15) is 17.2 Å². The van der Waals surface area contributed by atoms with Crippen molar-refractivity contribution in [1.29, 1.82) is 0 Å². The van der Waals surface area contributed by atoms with E-state index in [4.69, 9.17) is 30.8 Å². The summed E-state index contributed by atoms with van der Waals surface area (Å²) in [5.41, 5.74) is 3.18. The summed E-state index contributed by atoms with van der Waals surface area (Å²) >= 11 is 6.04. The number of hydrogen-bond acceptors (Lipinski definition) is 10. The SMILES string of the molecule is COC(C)Cn1c(CN2CCC(c3cccc4c3OC(C)(c3ccc(Cl)cn3)O4)CC2)nc2cc(-c3noc(C(F)(F)F)n3)ncc21. The zero-order chi connectivity index (χ0) is 32.9. The van der Waals surface area contributed by atoms with E-state index >= 15 is 0 Å². The zero-order valence-corrected chi connectivity index (χ0v) is 26.5. The molecule has 2 aliphatic heterocycles. The van der Waals surface area contributed by atoms with Gasteiger partial charge in [-0.25, -0.2) is 4.98 Å². The summed E-state index contributed by atoms with van der Waals surface area (Å²) in [6.45, 7) is 6.54. The van der Waals surface area contributed by atoms with Crippen LogP contribution in [0.2, 0.25) is 5.02 Å². The molecule has 2 aliphatic rings. The fourth-order valence-corrected chi connectivity index (χ4v) is 6.23. The van der Waals surface area contributed by atoms with Crippen molar-refractivity contribution in [3.8, 4) is 23.0 Å². The number of likely N-dealkylation sites (tertiary alicyclic amines) is 1. The lowest BCUT2D eigenvalue weighted by Crippen LogP contribution is -2.34. The van der Waals surface area contributed by atoms with Gasteiger partial charge in [-0.15, -0.1) is 0 Å². The second-order valence-corrected chi connectivity index (χ2v) is 12.3. The highest BCUT2D eigenvalue weighted by Crippen LogP contribution is 2.49. The first kappa shape index (κ1) is 31.3. The third kappa shape index (κ3) is 6.12. The Bertz CT molecular complexity index is 1910. The molecule has 2 atom stereocenters. The Labute approximate surface area is 272 Å². The summed E-state index contributed by atoms with van der Waals surface area (Å²) in [7, 11) is 1.64. The van der Waals surface area contributed by atoms with Crippen molar-refractivity contribution >= 4 is 22.6 Å². The monoisotopic (exact) mass is 669 g/mol. The predicted octanol–water partition coefficient (Wildman–Crippen LogP) is 6.61. The molecule has 0 spiro atoms. The second kappa shape index (κ2) is 12.1. The number of piperidine rings is 1. The fourth-order valence-electron chi connectivity index (χ4n) is 6.11. The van der Waals surface area contributed by atoms with Crippen LogP contribution in [0.25, 0.3) is 22.6 Å². The van der Waals surface area contributed by atoms with E-state index in [1.165, 1.54) is 0 Å². The average Bonchev–Trinajstić information content (AvgIpc) is 3.77. The summed E-state index contributed by atoms with van der Waals surface area (Å²) in [5.74, 6) is -0.239. The topological polar surface area (TPSA) is 113 Å². The number of alkyl halides is 3. The largest absolute Gasteiger partial charge is 0.471 e. The van der Waals surface area contributed by atoms with Crippen LogP contribution in [0.3, 0.4) is 0 Å². The highest BCUT2D eigenvalue weighted by atomic mass is 35.5. The van der Waals surface area contributed by atoms with Crippen LogP contribution in [0.1, 0.15) is 55.6 Å². The molecular formula is C32H31ClF3N7O4. The van der Waals surface area contributed by atoms with Crippen LogP contribution in [0.15, 0.2) is 53.3 Å². The van der Waals surface area contributed by atoms with E-state index in [-0.39, 0.29) is 23.5 Å². The van der Waals surface area contributed by atoms with Gasteiger partial charge in [0, 0.05) is 25.8 Å². The molecule has 0 saturated carbocycles. The maximum Gasteiger partial charge on any atom is 0.471 e. The van der Waals surface area contributed by atoms with Crippen molar-refractivity contribution in [3.05, 3.63) is 76.8 Å². The van der Waals surface area contributed by atoms with Crippen LogP contribution < -0.4 is 9.47 Å². The number of ether oxygens (including phenoxy) is 3. The van der Waals surface area contributed by atoms with Crippen molar-refractivity contribution < 1.29 is 31.9 Å². The van der Waals surface area contributed by atoms with E-state index in [0.29, 0.717) is 35.1 Å². The van der Waals surface area contributed by atoms with Gasteiger partial charge in [0.05, 0.1) is 41.4 Å². The van der Waals surface area contributed by atoms with Gasteiger partial charge in [0.15, 0.2) is 11.5 Å². The molecule has 246 valence electrons. The molecule has 1 saturated heterocycles. The van der Waals surface area contributed by atoms with Gasteiger partial charge in [0.2, 0.25) is 5.82 Å². The number of fused-ring (bicyclic) bond motifs is 2. The molecule has 0 aliphatic carbocycles. The van der Waals surface area contributed by atoms with Gasteiger partial charge in [0.25, 0.3) is 5.79 Å². The lowest BCUT2D eigenvalue weighted by Gasteiger charge is -2.32. The van der Waals surface area contributed by atoms with E-state index in [1.54, 1.807) is 37.7 Å². The molecule has 5 aromatic rings. The van der Waals surface area contributed by atoms with Crippen molar-refractivity contribution in [3.63, 3.8) is 0 Å². The molecule has 0 radical (unpaired) electrons. The minimum atomic E-state index is -4.75. The van der Waals surface area contributed by atoms with Crippen LogP contribution >= 0.6 is 11.6 Å².